The number of amides is 1. The van der Waals surface area contributed by atoms with E-state index >= 15 is 0 Å². The highest BCUT2D eigenvalue weighted by molar-refractivity contribution is 7.17. The Balaban J connectivity index is 1.79. The van der Waals surface area contributed by atoms with Crippen molar-refractivity contribution in [3.8, 4) is 0 Å². The maximum absolute atomic E-state index is 12.2. The van der Waals surface area contributed by atoms with Gasteiger partial charge in [0, 0.05) is 4.88 Å². The number of fused-ring (bicyclic) bond motifs is 1. The van der Waals surface area contributed by atoms with Gasteiger partial charge < -0.3 is 10.1 Å². The number of ether oxygens (including phenoxy) is 1. The molecule has 1 N–H and O–H groups in total. The zero-order valence-corrected chi connectivity index (χ0v) is 14.3. The molecule has 0 radical (unpaired) electrons. The van der Waals surface area contributed by atoms with Gasteiger partial charge in [0.25, 0.3) is 0 Å². The van der Waals surface area contributed by atoms with Crippen LogP contribution in [0.2, 0.25) is 0 Å². The molecule has 0 aliphatic heterocycles. The Morgan fingerprint density at radius 2 is 2.20 bits per heavy atom. The van der Waals surface area contributed by atoms with Gasteiger partial charge in [0.15, 0.2) is 0 Å². The summed E-state index contributed by atoms with van der Waals surface area (Å²) in [7, 11) is 1.31. The van der Waals surface area contributed by atoms with Crippen LogP contribution in [0.4, 0.5) is 10.7 Å². The Kier molecular flexibility index (Phi) is 4.79. The van der Waals surface area contributed by atoms with Gasteiger partial charge in [0.05, 0.1) is 17.6 Å². The molecule has 10 heteroatoms. The summed E-state index contributed by atoms with van der Waals surface area (Å²) in [5, 5.41) is 17.6. The fraction of sp³-hybridized carbons (Fsp3) is 0.400. The van der Waals surface area contributed by atoms with Crippen LogP contribution in [0, 0.1) is 10.1 Å². The standard InChI is InChI=1S/C15H16N4O5S/c1-24-15(21)13-10-4-2-3-5-11(10)25-14(13)17-12(20)8-18-7-9(6-16-18)19(22)23/h6-7H,2-5,8H2,1H3,(H,17,20). The van der Waals surface area contributed by atoms with Crippen molar-refractivity contribution >= 4 is 33.9 Å². The molecule has 1 aliphatic rings. The lowest BCUT2D eigenvalue weighted by Crippen LogP contribution is -2.20. The highest BCUT2D eigenvalue weighted by Crippen LogP contribution is 2.38. The van der Waals surface area contributed by atoms with Crippen LogP contribution in [0.1, 0.15) is 33.6 Å². The van der Waals surface area contributed by atoms with Gasteiger partial charge in [-0.2, -0.15) is 5.10 Å². The summed E-state index contributed by atoms with van der Waals surface area (Å²) in [4.78, 5) is 35.5. The number of thiophene rings is 1. The van der Waals surface area contributed by atoms with Crippen LogP contribution in [0.3, 0.4) is 0 Å². The number of aromatic nitrogens is 2. The van der Waals surface area contributed by atoms with Crippen molar-refractivity contribution in [3.63, 3.8) is 0 Å². The van der Waals surface area contributed by atoms with Crippen molar-refractivity contribution in [2.45, 2.75) is 32.2 Å². The number of hydrogen-bond acceptors (Lipinski definition) is 7. The molecule has 0 aromatic carbocycles. The number of nitrogens with zero attached hydrogens (tertiary/aromatic N) is 3. The quantitative estimate of drug-likeness (QED) is 0.494. The Bertz CT molecular complexity index is 841. The molecule has 0 saturated heterocycles. The SMILES string of the molecule is COC(=O)c1c(NC(=O)Cn2cc([N+](=O)[O-])cn2)sc2c1CCCC2. The summed E-state index contributed by atoms with van der Waals surface area (Å²) < 4.78 is 6.03. The van der Waals surface area contributed by atoms with Gasteiger partial charge in [-0.05, 0) is 31.2 Å². The zero-order chi connectivity index (χ0) is 18.0. The van der Waals surface area contributed by atoms with Gasteiger partial charge in [0.1, 0.15) is 23.9 Å². The minimum absolute atomic E-state index is 0.184. The predicted molar refractivity (Wildman–Crippen MR) is 89.8 cm³/mol. The Hall–Kier alpha value is -2.75. The Morgan fingerprint density at radius 3 is 2.88 bits per heavy atom. The van der Waals surface area contributed by atoms with Gasteiger partial charge in [-0.3, -0.25) is 19.6 Å². The van der Waals surface area contributed by atoms with E-state index in [9.17, 15) is 19.7 Å². The summed E-state index contributed by atoms with van der Waals surface area (Å²) in [6, 6.07) is 0. The fourth-order valence-corrected chi connectivity index (χ4v) is 4.11. The van der Waals surface area contributed by atoms with Crippen LogP contribution in [0.25, 0.3) is 0 Å². The molecule has 0 saturated carbocycles. The first-order valence-corrected chi connectivity index (χ1v) is 8.50. The first kappa shape index (κ1) is 17.1. The van der Waals surface area contributed by atoms with Crippen molar-refractivity contribution in [2.75, 3.05) is 12.4 Å². The number of nitro groups is 1. The molecule has 2 aromatic heterocycles. The number of methoxy groups -OCH3 is 1. The normalized spacial score (nSPS) is 13.2. The molecule has 2 heterocycles. The van der Waals surface area contributed by atoms with E-state index in [0.29, 0.717) is 10.6 Å². The second-order valence-corrected chi connectivity index (χ2v) is 6.71. The average molecular weight is 364 g/mol. The third-order valence-corrected chi connectivity index (χ3v) is 5.16. The molecule has 3 rings (SSSR count). The minimum atomic E-state index is -0.579. The van der Waals surface area contributed by atoms with E-state index in [2.05, 4.69) is 10.4 Å². The number of carbonyl (C=O) groups is 2. The lowest BCUT2D eigenvalue weighted by Gasteiger charge is -2.11. The summed E-state index contributed by atoms with van der Waals surface area (Å²) in [5.74, 6) is -0.883. The maximum Gasteiger partial charge on any atom is 0.341 e. The van der Waals surface area contributed by atoms with Crippen LogP contribution in [-0.2, 0) is 28.9 Å². The van der Waals surface area contributed by atoms with Crippen LogP contribution < -0.4 is 5.32 Å². The number of rotatable bonds is 5. The molecular formula is C15H16N4O5S. The Morgan fingerprint density at radius 1 is 1.44 bits per heavy atom. The molecule has 1 amide bonds. The van der Waals surface area contributed by atoms with Crippen molar-refractivity contribution in [3.05, 3.63) is 38.5 Å². The van der Waals surface area contributed by atoms with E-state index < -0.39 is 16.8 Å². The van der Waals surface area contributed by atoms with Gasteiger partial charge in [0.2, 0.25) is 5.91 Å². The monoisotopic (exact) mass is 364 g/mol. The van der Waals surface area contributed by atoms with Gasteiger partial charge >= 0.3 is 11.7 Å². The topological polar surface area (TPSA) is 116 Å². The van der Waals surface area contributed by atoms with E-state index in [1.54, 1.807) is 0 Å². The lowest BCUT2D eigenvalue weighted by atomic mass is 9.95. The second-order valence-electron chi connectivity index (χ2n) is 5.61. The number of esters is 1. The van der Waals surface area contributed by atoms with Crippen LogP contribution in [0.15, 0.2) is 12.4 Å². The summed E-state index contributed by atoms with van der Waals surface area (Å²) in [5.41, 5.74) is 1.18. The largest absolute Gasteiger partial charge is 0.465 e. The van der Waals surface area contributed by atoms with Crippen LogP contribution in [-0.4, -0.2) is 33.7 Å². The first-order valence-electron chi connectivity index (χ1n) is 7.69. The third-order valence-electron chi connectivity index (χ3n) is 3.95. The molecule has 0 unspecified atom stereocenters. The van der Waals surface area contributed by atoms with E-state index in [1.165, 1.54) is 29.3 Å². The lowest BCUT2D eigenvalue weighted by molar-refractivity contribution is -0.385. The van der Waals surface area contributed by atoms with E-state index in [0.717, 1.165) is 42.3 Å². The molecule has 0 atom stereocenters. The molecule has 2 aromatic rings. The maximum atomic E-state index is 12.2. The fourth-order valence-electron chi connectivity index (χ4n) is 2.82. The number of nitrogens with one attached hydrogen (secondary N) is 1. The van der Waals surface area contributed by atoms with Gasteiger partial charge in [-0.15, -0.1) is 11.3 Å². The molecule has 0 bridgehead atoms. The van der Waals surface area contributed by atoms with E-state index in [-0.39, 0.29) is 12.2 Å². The van der Waals surface area contributed by atoms with Crippen molar-refractivity contribution < 1.29 is 19.2 Å². The number of carbonyl (C=O) groups excluding carboxylic acids is 2. The van der Waals surface area contributed by atoms with E-state index in [1.807, 2.05) is 0 Å². The highest BCUT2D eigenvalue weighted by Gasteiger charge is 2.27. The zero-order valence-electron chi connectivity index (χ0n) is 13.5. The molecular weight excluding hydrogens is 348 g/mol. The number of aryl methyl sites for hydroxylation is 1. The van der Waals surface area contributed by atoms with Crippen molar-refractivity contribution in [1.29, 1.82) is 0 Å². The average Bonchev–Trinajstić information content (AvgIpc) is 3.18. The van der Waals surface area contributed by atoms with Crippen LogP contribution >= 0.6 is 11.3 Å². The summed E-state index contributed by atoms with van der Waals surface area (Å²) in [6.07, 6.45) is 5.98. The first-order chi connectivity index (χ1) is 12.0. The molecule has 0 fully saturated rings. The second kappa shape index (κ2) is 7.01. The molecule has 0 spiro atoms. The summed E-state index contributed by atoms with van der Waals surface area (Å²) in [6.45, 7) is -0.184. The van der Waals surface area contributed by atoms with Crippen LogP contribution in [0.5, 0.6) is 0 Å². The molecule has 9 nitrogen and oxygen atoms in total. The minimum Gasteiger partial charge on any atom is -0.465 e. The molecule has 132 valence electrons. The summed E-state index contributed by atoms with van der Waals surface area (Å²) >= 11 is 1.38. The smallest absolute Gasteiger partial charge is 0.341 e. The van der Waals surface area contributed by atoms with E-state index in [4.69, 9.17) is 4.74 Å². The predicted octanol–water partition coefficient (Wildman–Crippen LogP) is 2.16. The van der Waals surface area contributed by atoms with Crippen molar-refractivity contribution in [2.24, 2.45) is 0 Å². The molecule has 1 aliphatic carbocycles. The number of hydrogen-bond donors (Lipinski definition) is 1. The van der Waals surface area contributed by atoms with Gasteiger partial charge in [-0.1, -0.05) is 0 Å². The molecule has 25 heavy (non-hydrogen) atoms. The third kappa shape index (κ3) is 3.53. The van der Waals surface area contributed by atoms with Gasteiger partial charge in [-0.25, -0.2) is 4.79 Å². The Labute approximate surface area is 146 Å². The number of anilines is 1. The highest BCUT2D eigenvalue weighted by atomic mass is 32.1. The van der Waals surface area contributed by atoms with Crippen molar-refractivity contribution in [1.82, 2.24) is 9.78 Å².